The van der Waals surface area contributed by atoms with Crippen molar-refractivity contribution < 1.29 is 0 Å². The molecule has 2 heterocycles. The van der Waals surface area contributed by atoms with Crippen molar-refractivity contribution in [3.8, 4) is 17.1 Å². The minimum Gasteiger partial charge on any atom is -0.355 e. The average molecular weight is 619 g/mol. The fourth-order valence-electron chi connectivity index (χ4n) is 4.75. The minimum atomic E-state index is 0.591. The summed E-state index contributed by atoms with van der Waals surface area (Å²) < 4.78 is 3.97. The van der Waals surface area contributed by atoms with Gasteiger partial charge in [-0.2, -0.15) is 0 Å². The molecule has 2 aromatic heterocycles. The van der Waals surface area contributed by atoms with Crippen LogP contribution in [-0.4, -0.2) is 29.6 Å². The van der Waals surface area contributed by atoms with Gasteiger partial charge in [0.2, 0.25) is 0 Å². The summed E-state index contributed by atoms with van der Waals surface area (Å²) in [6.07, 6.45) is 4.52. The lowest BCUT2D eigenvalue weighted by atomic mass is 10.1. The van der Waals surface area contributed by atoms with E-state index in [1.165, 1.54) is 29.6 Å². The predicted molar refractivity (Wildman–Crippen MR) is 169 cm³/mol. The van der Waals surface area contributed by atoms with Crippen LogP contribution in [0.5, 0.6) is 0 Å². The Morgan fingerprint density at radius 3 is 2.23 bits per heavy atom. The van der Waals surface area contributed by atoms with Gasteiger partial charge in [-0.05, 0) is 65.1 Å². The molecule has 8 heteroatoms. The molecule has 0 fully saturated rings. The number of rotatable bonds is 6. The molecular formula is C31H22IN7. The van der Waals surface area contributed by atoms with Crippen LogP contribution in [0.3, 0.4) is 0 Å². The Kier molecular flexibility index (Phi) is 6.92. The van der Waals surface area contributed by atoms with Crippen molar-refractivity contribution in [3.05, 3.63) is 122 Å². The molecule has 0 aliphatic carbocycles. The second kappa shape index (κ2) is 11.0. The number of para-hydroxylation sites is 2. The molecule has 0 bridgehead atoms. The van der Waals surface area contributed by atoms with E-state index in [4.69, 9.17) is 0 Å². The second-order valence-corrected chi connectivity index (χ2v) is 9.22. The molecule has 39 heavy (non-hydrogen) atoms. The minimum absolute atomic E-state index is 0.591. The summed E-state index contributed by atoms with van der Waals surface area (Å²) in [6, 6.07) is 31.2. The molecule has 0 unspecified atom stereocenters. The number of nitrogens with zero attached hydrogens (tertiary/aromatic N) is 6. The number of anilines is 2. The molecule has 0 aliphatic heterocycles. The Labute approximate surface area is 238 Å². The summed E-state index contributed by atoms with van der Waals surface area (Å²) >= 11 is 2.08. The van der Waals surface area contributed by atoms with Crippen LogP contribution in [0.2, 0.25) is 0 Å². The summed E-state index contributed by atoms with van der Waals surface area (Å²) in [7, 11) is 0. The molecule has 0 spiro atoms. The van der Waals surface area contributed by atoms with Gasteiger partial charge in [0, 0.05) is 45.2 Å². The first kappa shape index (κ1) is 24.6. The average Bonchev–Trinajstić information content (AvgIpc) is 3.32. The third-order valence-corrected chi connectivity index (χ3v) is 6.58. The van der Waals surface area contributed by atoms with E-state index in [1.807, 2.05) is 30.3 Å². The topological polar surface area (TPSA) is 80.3 Å². The van der Waals surface area contributed by atoms with Gasteiger partial charge in [-0.25, -0.2) is 24.9 Å². The highest BCUT2D eigenvalue weighted by atomic mass is 127. The summed E-state index contributed by atoms with van der Waals surface area (Å²) in [5, 5.41) is 5.97. The number of fused-ring (bicyclic) bond motifs is 3. The van der Waals surface area contributed by atoms with E-state index >= 15 is 0 Å². The van der Waals surface area contributed by atoms with E-state index < -0.39 is 0 Å². The Morgan fingerprint density at radius 1 is 0.821 bits per heavy atom. The smallest absolute Gasteiger partial charge is 0.162 e. The third kappa shape index (κ3) is 4.94. The summed E-state index contributed by atoms with van der Waals surface area (Å²) in [6.45, 7) is 3.72. The normalized spacial score (nSPS) is 11.9. The van der Waals surface area contributed by atoms with Crippen LogP contribution in [0.1, 0.15) is 5.56 Å². The van der Waals surface area contributed by atoms with Gasteiger partial charge in [0.05, 0.1) is 15.3 Å². The van der Waals surface area contributed by atoms with E-state index in [2.05, 4.69) is 125 Å². The zero-order valence-electron chi connectivity index (χ0n) is 20.7. The van der Waals surface area contributed by atoms with Crippen molar-refractivity contribution in [2.45, 2.75) is 0 Å². The van der Waals surface area contributed by atoms with Crippen LogP contribution in [0, 0.1) is 0 Å². The van der Waals surface area contributed by atoms with Crippen LogP contribution in [-0.2, 0) is 0 Å². The highest BCUT2D eigenvalue weighted by molar-refractivity contribution is 14.1. The van der Waals surface area contributed by atoms with E-state index in [-0.39, 0.29) is 0 Å². The monoisotopic (exact) mass is 619 g/mol. The predicted octanol–water partition coefficient (Wildman–Crippen LogP) is 7.73. The van der Waals surface area contributed by atoms with Crippen LogP contribution < -0.4 is 5.32 Å². The summed E-state index contributed by atoms with van der Waals surface area (Å²) in [5.41, 5.74) is 6.79. The molecule has 188 valence electrons. The Hall–Kier alpha value is -4.70. The highest BCUT2D eigenvalue weighted by Crippen LogP contribution is 2.34. The maximum Gasteiger partial charge on any atom is 0.162 e. The molecule has 6 rings (SSSR count). The van der Waals surface area contributed by atoms with Gasteiger partial charge in [-0.1, -0.05) is 55.1 Å². The molecule has 0 radical (unpaired) electrons. The quantitative estimate of drug-likeness (QED) is 0.118. The lowest BCUT2D eigenvalue weighted by molar-refractivity contribution is 1.05. The number of hydrogen-bond acceptors (Lipinski definition) is 5. The molecule has 0 amide bonds. The maximum atomic E-state index is 4.42. The van der Waals surface area contributed by atoms with Crippen molar-refractivity contribution in [2.24, 2.45) is 9.98 Å². The number of amidine groups is 1. The fraction of sp³-hybridized carbons (Fsp3) is 0. The lowest BCUT2D eigenvalue weighted by Crippen LogP contribution is -2.01. The van der Waals surface area contributed by atoms with Gasteiger partial charge in [0.1, 0.15) is 12.7 Å². The summed E-state index contributed by atoms with van der Waals surface area (Å²) in [5.74, 6) is 1.19. The Bertz CT molecular complexity index is 1820. The van der Waals surface area contributed by atoms with Gasteiger partial charge in [0.15, 0.2) is 11.7 Å². The van der Waals surface area contributed by atoms with Crippen molar-refractivity contribution in [1.82, 2.24) is 19.5 Å². The van der Waals surface area contributed by atoms with Crippen LogP contribution in [0.25, 0.3) is 38.9 Å². The molecule has 0 atom stereocenters. The molecule has 0 saturated carbocycles. The van der Waals surface area contributed by atoms with E-state index in [1.54, 1.807) is 4.22 Å². The molecule has 0 saturated heterocycles. The third-order valence-electron chi connectivity index (χ3n) is 6.30. The van der Waals surface area contributed by atoms with E-state index in [0.717, 1.165) is 39.2 Å². The zero-order chi connectivity index (χ0) is 26.6. The molecular weight excluding hydrogens is 597 g/mol. The highest BCUT2D eigenvalue weighted by Gasteiger charge is 2.14. The van der Waals surface area contributed by atoms with Crippen molar-refractivity contribution >= 4 is 65.8 Å². The van der Waals surface area contributed by atoms with Gasteiger partial charge < -0.3 is 9.88 Å². The zero-order valence-corrected chi connectivity index (χ0v) is 22.9. The van der Waals surface area contributed by atoms with Crippen molar-refractivity contribution in [3.63, 3.8) is 0 Å². The first-order valence-electron chi connectivity index (χ1n) is 12.2. The number of halogens is 1. The largest absolute Gasteiger partial charge is 0.355 e. The Balaban J connectivity index is 1.52. The van der Waals surface area contributed by atoms with Crippen LogP contribution in [0.4, 0.5) is 11.4 Å². The van der Waals surface area contributed by atoms with E-state index in [9.17, 15) is 0 Å². The molecule has 1 N–H and O–H groups in total. The van der Waals surface area contributed by atoms with Gasteiger partial charge in [-0.3, -0.25) is 0 Å². The van der Waals surface area contributed by atoms with Crippen molar-refractivity contribution in [2.75, 3.05) is 5.32 Å². The lowest BCUT2D eigenvalue weighted by Gasteiger charge is -2.14. The maximum absolute atomic E-state index is 4.42. The molecule has 6 aromatic rings. The summed E-state index contributed by atoms with van der Waals surface area (Å²) in [4.78, 5) is 21.5. The van der Waals surface area contributed by atoms with Crippen LogP contribution in [0.15, 0.2) is 126 Å². The number of nitrogens with one attached hydrogen (secondary N) is 1. The number of aliphatic imine (C=N–C) groups is 2. The molecule has 7 nitrogen and oxygen atoms in total. The number of aromatic nitrogens is 4. The van der Waals surface area contributed by atoms with Gasteiger partial charge >= 0.3 is 0 Å². The standard InChI is InChI=1S/C31H22IN7/c1-2-34-30(35-18-32)21-8-7-9-23(14-21)38-24-15-22(31-36-19-33-20-37-31)16-25(17-24)39-28-12-5-3-10-26(28)27-11-4-6-13-29(27)39/h2-20,38H,1H2. The van der Waals surface area contributed by atoms with Gasteiger partial charge in [0.25, 0.3) is 0 Å². The molecule has 0 aliphatic rings. The second-order valence-electron chi connectivity index (χ2n) is 8.67. The fourth-order valence-corrected chi connectivity index (χ4v) is 5.01. The number of hydrogen-bond donors (Lipinski definition) is 1. The number of benzene rings is 4. The SMILES string of the molecule is C=CN=C(N=CI)c1cccc(Nc2cc(-c3ncncn3)cc(-n3c4ccccc4c4ccccc43)c2)c1. The first-order chi connectivity index (χ1) is 19.2. The molecule has 4 aromatic carbocycles. The Morgan fingerprint density at radius 2 is 1.54 bits per heavy atom. The van der Waals surface area contributed by atoms with Crippen molar-refractivity contribution in [1.29, 1.82) is 0 Å². The van der Waals surface area contributed by atoms with Gasteiger partial charge in [-0.15, -0.1) is 0 Å². The first-order valence-corrected chi connectivity index (χ1v) is 13.4. The van der Waals surface area contributed by atoms with E-state index in [0.29, 0.717) is 11.7 Å². The van der Waals surface area contributed by atoms with Crippen LogP contribution >= 0.6 is 22.6 Å².